The normalized spacial score (nSPS) is 19.3. The topological polar surface area (TPSA) is 105 Å². The fourth-order valence-electron chi connectivity index (χ4n) is 5.23. The molecule has 0 bridgehead atoms. The van der Waals surface area contributed by atoms with Gasteiger partial charge in [0.05, 0.1) is 0 Å². The lowest BCUT2D eigenvalue weighted by molar-refractivity contribution is -0.142. The fraction of sp³-hybridized carbons (Fsp3) is 0.519. The van der Waals surface area contributed by atoms with Crippen LogP contribution in [0.4, 0.5) is 0 Å². The number of rotatable bonds is 9. The summed E-state index contributed by atoms with van der Waals surface area (Å²) >= 11 is 0. The molecule has 2 unspecified atom stereocenters. The maximum Gasteiger partial charge on any atom is 0.243 e. The molecular formula is C27H36N4O3. The van der Waals surface area contributed by atoms with E-state index in [1.165, 1.54) is 0 Å². The summed E-state index contributed by atoms with van der Waals surface area (Å²) in [7, 11) is 0. The van der Waals surface area contributed by atoms with E-state index in [2.05, 4.69) is 16.7 Å². The minimum Gasteiger partial charge on any atom is -0.354 e. The first-order valence-electron chi connectivity index (χ1n) is 12.6. The third-order valence-corrected chi connectivity index (χ3v) is 7.11. The minimum atomic E-state index is -0.713. The molecule has 2 aliphatic rings. The molecule has 1 heterocycles. The number of likely N-dealkylation sites (tertiary alicyclic amines) is 1. The molecule has 2 fully saturated rings. The molecule has 2 atom stereocenters. The van der Waals surface area contributed by atoms with Crippen LogP contribution in [0.25, 0.3) is 10.8 Å². The monoisotopic (exact) mass is 464 g/mol. The van der Waals surface area contributed by atoms with Gasteiger partial charge in [0.2, 0.25) is 17.7 Å². The Balaban J connectivity index is 1.47. The third kappa shape index (κ3) is 5.76. The smallest absolute Gasteiger partial charge is 0.243 e. The van der Waals surface area contributed by atoms with Crippen LogP contribution in [0.5, 0.6) is 0 Å². The average Bonchev–Trinajstić information content (AvgIpc) is 3.56. The number of amides is 3. The van der Waals surface area contributed by atoms with E-state index in [1.807, 2.05) is 36.4 Å². The number of hydrogen-bond acceptors (Lipinski definition) is 4. The Morgan fingerprint density at radius 3 is 2.53 bits per heavy atom. The predicted molar refractivity (Wildman–Crippen MR) is 133 cm³/mol. The lowest BCUT2D eigenvalue weighted by Crippen LogP contribution is -2.54. The average molecular weight is 465 g/mol. The van der Waals surface area contributed by atoms with E-state index in [-0.39, 0.29) is 23.6 Å². The zero-order valence-electron chi connectivity index (χ0n) is 19.8. The minimum absolute atomic E-state index is 0.0429. The highest BCUT2D eigenvalue weighted by Crippen LogP contribution is 2.30. The number of hydrogen-bond donors (Lipinski definition) is 3. The molecule has 0 spiro atoms. The van der Waals surface area contributed by atoms with Crippen molar-refractivity contribution >= 4 is 28.5 Å². The van der Waals surface area contributed by atoms with Crippen LogP contribution >= 0.6 is 0 Å². The second-order valence-corrected chi connectivity index (χ2v) is 9.55. The third-order valence-electron chi connectivity index (χ3n) is 7.11. The maximum atomic E-state index is 13.3. The molecule has 2 aromatic carbocycles. The van der Waals surface area contributed by atoms with E-state index in [1.54, 1.807) is 4.90 Å². The van der Waals surface area contributed by atoms with Crippen molar-refractivity contribution in [2.75, 3.05) is 19.6 Å². The van der Waals surface area contributed by atoms with Gasteiger partial charge in [-0.15, -0.1) is 0 Å². The first-order chi connectivity index (χ1) is 16.6. The van der Waals surface area contributed by atoms with Crippen LogP contribution in [0.3, 0.4) is 0 Å². The van der Waals surface area contributed by atoms with E-state index in [4.69, 9.17) is 5.73 Å². The molecule has 7 nitrogen and oxygen atoms in total. The molecule has 0 aromatic heterocycles. The SMILES string of the molecule is NCCCNC(=O)C(Cc1ccc2ccccc2c1)NC(=O)C1CCCN1C(=O)C1CCCC1. The lowest BCUT2D eigenvalue weighted by Gasteiger charge is -2.28. The number of nitrogens with two attached hydrogens (primary N) is 1. The van der Waals surface area contributed by atoms with Crippen molar-refractivity contribution in [2.24, 2.45) is 11.7 Å². The predicted octanol–water partition coefficient (Wildman–Crippen LogP) is 2.51. The first kappa shape index (κ1) is 24.2. The van der Waals surface area contributed by atoms with Gasteiger partial charge in [-0.25, -0.2) is 0 Å². The van der Waals surface area contributed by atoms with E-state index in [9.17, 15) is 14.4 Å². The summed E-state index contributed by atoms with van der Waals surface area (Å²) < 4.78 is 0. The summed E-state index contributed by atoms with van der Waals surface area (Å²) in [4.78, 5) is 41.1. The molecule has 182 valence electrons. The number of nitrogens with zero attached hydrogens (tertiary/aromatic N) is 1. The van der Waals surface area contributed by atoms with Crippen LogP contribution in [0.1, 0.15) is 50.5 Å². The van der Waals surface area contributed by atoms with Gasteiger partial charge < -0.3 is 21.3 Å². The molecule has 1 saturated carbocycles. The molecule has 4 rings (SSSR count). The Labute approximate surface area is 201 Å². The van der Waals surface area contributed by atoms with Gasteiger partial charge in [0.15, 0.2) is 0 Å². The van der Waals surface area contributed by atoms with Crippen molar-refractivity contribution < 1.29 is 14.4 Å². The van der Waals surface area contributed by atoms with E-state index < -0.39 is 12.1 Å². The first-order valence-corrected chi connectivity index (χ1v) is 12.6. The number of fused-ring (bicyclic) bond motifs is 1. The second kappa shape index (κ2) is 11.5. The molecule has 34 heavy (non-hydrogen) atoms. The maximum absolute atomic E-state index is 13.3. The van der Waals surface area contributed by atoms with Crippen molar-refractivity contribution in [2.45, 2.75) is 63.5 Å². The largest absolute Gasteiger partial charge is 0.354 e. The number of benzene rings is 2. The van der Waals surface area contributed by atoms with Crippen LogP contribution < -0.4 is 16.4 Å². The van der Waals surface area contributed by atoms with Gasteiger partial charge in [-0.1, -0.05) is 55.3 Å². The summed E-state index contributed by atoms with van der Waals surface area (Å²) in [5.74, 6) is -0.305. The Morgan fingerprint density at radius 1 is 1.00 bits per heavy atom. The van der Waals surface area contributed by atoms with Crippen LogP contribution in [-0.4, -0.2) is 54.3 Å². The van der Waals surface area contributed by atoms with Gasteiger partial charge in [-0.2, -0.15) is 0 Å². The Hall–Kier alpha value is -2.93. The standard InChI is InChI=1S/C27H36N4O3/c28-14-6-15-29-25(32)23(18-19-12-13-20-7-1-4-10-22(20)17-19)30-26(33)24-11-5-16-31(24)27(34)21-8-2-3-9-21/h1,4,7,10,12-13,17,21,23-24H,2-3,5-6,8-9,11,14-16,18,28H2,(H,29,32)(H,30,33). The molecule has 1 aliphatic heterocycles. The highest BCUT2D eigenvalue weighted by atomic mass is 16.2. The van der Waals surface area contributed by atoms with Gasteiger partial charge in [-0.3, -0.25) is 14.4 Å². The van der Waals surface area contributed by atoms with Crippen molar-refractivity contribution in [1.82, 2.24) is 15.5 Å². The summed E-state index contributed by atoms with van der Waals surface area (Å²) in [6.07, 6.45) is 6.50. The second-order valence-electron chi connectivity index (χ2n) is 9.55. The molecule has 1 saturated heterocycles. The molecule has 7 heteroatoms. The van der Waals surface area contributed by atoms with Gasteiger partial charge in [0.1, 0.15) is 12.1 Å². The lowest BCUT2D eigenvalue weighted by atomic mass is 10.0. The molecular weight excluding hydrogens is 428 g/mol. The zero-order valence-corrected chi connectivity index (χ0v) is 19.8. The van der Waals surface area contributed by atoms with Gasteiger partial charge in [0, 0.05) is 25.4 Å². The van der Waals surface area contributed by atoms with Crippen LogP contribution in [-0.2, 0) is 20.8 Å². The van der Waals surface area contributed by atoms with Gasteiger partial charge in [-0.05, 0) is 55.0 Å². The van der Waals surface area contributed by atoms with Crippen molar-refractivity contribution in [3.8, 4) is 0 Å². The van der Waals surface area contributed by atoms with Crippen molar-refractivity contribution in [3.05, 3.63) is 48.0 Å². The summed E-state index contributed by atoms with van der Waals surface area (Å²) in [6.45, 7) is 1.57. The Kier molecular flexibility index (Phi) is 8.16. The van der Waals surface area contributed by atoms with E-state index >= 15 is 0 Å². The Morgan fingerprint density at radius 2 is 1.76 bits per heavy atom. The molecule has 4 N–H and O–H groups in total. The number of carbonyl (C=O) groups excluding carboxylic acids is 3. The summed E-state index contributed by atoms with van der Waals surface area (Å²) in [5.41, 5.74) is 6.54. The van der Waals surface area contributed by atoms with Crippen molar-refractivity contribution in [3.63, 3.8) is 0 Å². The molecule has 2 aromatic rings. The number of nitrogens with one attached hydrogen (secondary N) is 2. The van der Waals surface area contributed by atoms with E-state index in [0.717, 1.165) is 48.4 Å². The zero-order chi connectivity index (χ0) is 23.9. The fourth-order valence-corrected chi connectivity index (χ4v) is 5.23. The van der Waals surface area contributed by atoms with Gasteiger partial charge in [0.25, 0.3) is 0 Å². The summed E-state index contributed by atoms with van der Waals surface area (Å²) in [6, 6.07) is 13.0. The molecule has 3 amide bonds. The van der Waals surface area contributed by atoms with Gasteiger partial charge >= 0.3 is 0 Å². The van der Waals surface area contributed by atoms with Crippen molar-refractivity contribution in [1.29, 1.82) is 0 Å². The van der Waals surface area contributed by atoms with Crippen LogP contribution in [0, 0.1) is 5.92 Å². The quantitative estimate of drug-likeness (QED) is 0.496. The Bertz CT molecular complexity index is 1020. The number of carbonyl (C=O) groups is 3. The van der Waals surface area contributed by atoms with E-state index in [0.29, 0.717) is 38.9 Å². The molecule has 1 aliphatic carbocycles. The summed E-state index contributed by atoms with van der Waals surface area (Å²) in [5, 5.41) is 8.11. The highest BCUT2D eigenvalue weighted by molar-refractivity contribution is 5.93. The van der Waals surface area contributed by atoms with Crippen LogP contribution in [0.2, 0.25) is 0 Å². The van der Waals surface area contributed by atoms with Crippen LogP contribution in [0.15, 0.2) is 42.5 Å². The molecule has 0 radical (unpaired) electrons. The highest BCUT2D eigenvalue weighted by Gasteiger charge is 2.38.